The van der Waals surface area contributed by atoms with E-state index < -0.39 is 0 Å². The highest BCUT2D eigenvalue weighted by Crippen LogP contribution is 2.12. The fraction of sp³-hybridized carbons (Fsp3) is 0.533. The molecular weight excluding hydrogens is 240 g/mol. The Morgan fingerprint density at radius 3 is 2.26 bits per heavy atom. The summed E-state index contributed by atoms with van der Waals surface area (Å²) < 4.78 is 5.10. The molecule has 0 fully saturated rings. The highest BCUT2D eigenvalue weighted by Gasteiger charge is 2.15. The summed E-state index contributed by atoms with van der Waals surface area (Å²) in [6.07, 6.45) is 0. The molecule has 0 saturated carbocycles. The van der Waals surface area contributed by atoms with Crippen molar-refractivity contribution in [2.75, 3.05) is 34.9 Å². The first kappa shape index (κ1) is 17.6. The molecule has 0 unspecified atom stereocenters. The van der Waals surface area contributed by atoms with Crippen LogP contribution in [0.15, 0.2) is 24.3 Å². The van der Waals surface area contributed by atoms with Crippen LogP contribution in [0, 0.1) is 0 Å². The van der Waals surface area contributed by atoms with Crippen LogP contribution in [-0.2, 0) is 11.3 Å². The minimum Gasteiger partial charge on any atom is -0.380 e. The number of hydrogen-bond acceptors (Lipinski definition) is 3. The van der Waals surface area contributed by atoms with Crippen LogP contribution >= 0.6 is 0 Å². The van der Waals surface area contributed by atoms with Gasteiger partial charge in [0, 0.05) is 19.7 Å². The molecule has 0 aliphatic carbocycles. The van der Waals surface area contributed by atoms with Crippen LogP contribution in [-0.4, -0.2) is 50.6 Å². The third-order valence-corrected chi connectivity index (χ3v) is 2.39. The first-order valence-electron chi connectivity index (χ1n) is 6.53. The molecule has 1 aromatic carbocycles. The minimum atomic E-state index is 0.0198. The number of ether oxygens (including phenoxy) is 1. The van der Waals surface area contributed by atoms with Gasteiger partial charge in [0.1, 0.15) is 0 Å². The predicted molar refractivity (Wildman–Crippen MR) is 79.2 cm³/mol. The number of rotatable bonds is 5. The van der Waals surface area contributed by atoms with Gasteiger partial charge in [0.2, 0.25) is 0 Å². The summed E-state index contributed by atoms with van der Waals surface area (Å²) in [5.41, 5.74) is 1.63. The Balaban J connectivity index is 0.00000154. The molecule has 0 aromatic heterocycles. The number of nitrogens with zero attached hydrogens (tertiary/aromatic N) is 2. The van der Waals surface area contributed by atoms with E-state index in [0.29, 0.717) is 18.8 Å². The largest absolute Gasteiger partial charge is 0.380 e. The third-order valence-electron chi connectivity index (χ3n) is 2.39. The molecule has 0 spiro atoms. The molecule has 0 bridgehead atoms. The van der Waals surface area contributed by atoms with Gasteiger partial charge in [-0.15, -0.1) is 0 Å². The molecule has 0 radical (unpaired) electrons. The summed E-state index contributed by atoms with van der Waals surface area (Å²) in [7, 11) is 7.30. The second-order valence-corrected chi connectivity index (χ2v) is 4.31. The summed E-state index contributed by atoms with van der Waals surface area (Å²) in [4.78, 5) is 15.9. The van der Waals surface area contributed by atoms with Crippen LogP contribution in [0.2, 0.25) is 0 Å². The number of hydrogen-bond donors (Lipinski definition) is 0. The van der Waals surface area contributed by atoms with Gasteiger partial charge in [0.05, 0.1) is 13.3 Å². The quantitative estimate of drug-likeness (QED) is 0.767. The van der Waals surface area contributed by atoms with Crippen LogP contribution < -0.4 is 0 Å². The van der Waals surface area contributed by atoms with Crippen molar-refractivity contribution in [2.45, 2.75) is 20.5 Å². The van der Waals surface area contributed by atoms with Gasteiger partial charge in [0.15, 0.2) is 0 Å². The number of benzene rings is 1. The van der Waals surface area contributed by atoms with E-state index in [1.807, 2.05) is 57.1 Å². The number of methoxy groups -OCH3 is 1. The predicted octanol–water partition coefficient (Wildman–Crippen LogP) is 2.45. The molecule has 4 nitrogen and oxygen atoms in total. The zero-order valence-corrected chi connectivity index (χ0v) is 12.9. The van der Waals surface area contributed by atoms with Crippen molar-refractivity contribution < 1.29 is 9.53 Å². The summed E-state index contributed by atoms with van der Waals surface area (Å²) in [6.45, 7) is 5.05. The van der Waals surface area contributed by atoms with Crippen LogP contribution in [0.1, 0.15) is 29.8 Å². The molecule has 108 valence electrons. The molecule has 0 atom stereocenters. The summed E-state index contributed by atoms with van der Waals surface area (Å²) in [5, 5.41) is 0. The lowest BCUT2D eigenvalue weighted by Gasteiger charge is -2.22. The second kappa shape index (κ2) is 9.53. The van der Waals surface area contributed by atoms with E-state index in [1.54, 1.807) is 19.1 Å². The van der Waals surface area contributed by atoms with Crippen molar-refractivity contribution in [2.24, 2.45) is 0 Å². The van der Waals surface area contributed by atoms with Crippen LogP contribution in [0.5, 0.6) is 0 Å². The first-order chi connectivity index (χ1) is 9.06. The minimum absolute atomic E-state index is 0.0198. The van der Waals surface area contributed by atoms with Crippen molar-refractivity contribution in [3.8, 4) is 0 Å². The summed E-state index contributed by atoms with van der Waals surface area (Å²) in [6, 6.07) is 7.54. The van der Waals surface area contributed by atoms with Gasteiger partial charge in [-0.25, -0.2) is 0 Å². The monoisotopic (exact) mass is 266 g/mol. The lowest BCUT2D eigenvalue weighted by molar-refractivity contribution is 0.0725. The highest BCUT2D eigenvalue weighted by molar-refractivity contribution is 5.95. The number of carbonyl (C=O) groups is 1. The van der Waals surface area contributed by atoms with Crippen LogP contribution in [0.3, 0.4) is 0 Å². The first-order valence-corrected chi connectivity index (χ1v) is 6.53. The molecule has 4 heteroatoms. The summed E-state index contributed by atoms with van der Waals surface area (Å²) in [5.74, 6) is 0.0198. The van der Waals surface area contributed by atoms with Crippen LogP contribution in [0.4, 0.5) is 0 Å². The van der Waals surface area contributed by atoms with Crippen molar-refractivity contribution in [1.29, 1.82) is 0 Å². The lowest BCUT2D eigenvalue weighted by Crippen LogP contribution is -2.35. The summed E-state index contributed by atoms with van der Waals surface area (Å²) >= 11 is 0. The topological polar surface area (TPSA) is 32.8 Å². The van der Waals surface area contributed by atoms with Gasteiger partial charge < -0.3 is 9.64 Å². The smallest absolute Gasteiger partial charge is 0.254 e. The third kappa shape index (κ3) is 5.85. The fourth-order valence-electron chi connectivity index (χ4n) is 1.70. The van der Waals surface area contributed by atoms with E-state index in [2.05, 4.69) is 0 Å². The molecule has 0 N–H and O–H groups in total. The average Bonchev–Trinajstić information content (AvgIpc) is 2.40. The van der Waals surface area contributed by atoms with Crippen molar-refractivity contribution in [1.82, 2.24) is 9.80 Å². The van der Waals surface area contributed by atoms with E-state index in [0.717, 1.165) is 5.56 Å². The molecule has 0 aliphatic heterocycles. The number of carbonyl (C=O) groups excluding carboxylic acids is 1. The van der Waals surface area contributed by atoms with Crippen molar-refractivity contribution >= 4 is 5.91 Å². The normalized spacial score (nSPS) is 9.84. The maximum Gasteiger partial charge on any atom is 0.254 e. The van der Waals surface area contributed by atoms with Gasteiger partial charge in [-0.2, -0.15) is 0 Å². The Kier molecular flexibility index (Phi) is 8.83. The van der Waals surface area contributed by atoms with E-state index >= 15 is 0 Å². The zero-order chi connectivity index (χ0) is 14.8. The van der Waals surface area contributed by atoms with E-state index in [9.17, 15) is 4.79 Å². The molecule has 1 rings (SSSR count). The van der Waals surface area contributed by atoms with E-state index in [4.69, 9.17) is 4.74 Å². The van der Waals surface area contributed by atoms with Crippen LogP contribution in [0.25, 0.3) is 0 Å². The molecule has 1 amide bonds. The highest BCUT2D eigenvalue weighted by atomic mass is 16.5. The standard InChI is InChI=1S/C13H20N2O2.C2H6/c1-14(2)10-15(3)13(16)12-8-6-5-7-11(12)9-17-4;1-2/h5-8H,9-10H2,1-4H3;1-2H3. The lowest BCUT2D eigenvalue weighted by atomic mass is 10.1. The Bertz CT molecular complexity index is 378. The van der Waals surface area contributed by atoms with E-state index in [-0.39, 0.29) is 5.91 Å². The maximum absolute atomic E-state index is 12.2. The Hall–Kier alpha value is -1.39. The zero-order valence-electron chi connectivity index (χ0n) is 12.9. The van der Waals surface area contributed by atoms with Crippen molar-refractivity contribution in [3.05, 3.63) is 35.4 Å². The van der Waals surface area contributed by atoms with Gasteiger partial charge in [0.25, 0.3) is 5.91 Å². The molecule has 19 heavy (non-hydrogen) atoms. The Labute approximate surface area is 117 Å². The maximum atomic E-state index is 12.2. The SMILES string of the molecule is CC.COCc1ccccc1C(=O)N(C)CN(C)C. The number of amides is 1. The Morgan fingerprint density at radius 1 is 1.16 bits per heavy atom. The molecule has 0 heterocycles. The second-order valence-electron chi connectivity index (χ2n) is 4.31. The van der Waals surface area contributed by atoms with Gasteiger partial charge >= 0.3 is 0 Å². The fourth-order valence-corrected chi connectivity index (χ4v) is 1.70. The van der Waals surface area contributed by atoms with Gasteiger partial charge in [-0.3, -0.25) is 9.69 Å². The molecule has 1 aromatic rings. The molecule has 0 aliphatic rings. The molecular formula is C15H26N2O2. The van der Waals surface area contributed by atoms with Gasteiger partial charge in [-0.05, 0) is 25.7 Å². The van der Waals surface area contributed by atoms with E-state index in [1.165, 1.54) is 0 Å². The molecule has 0 saturated heterocycles. The average molecular weight is 266 g/mol. The van der Waals surface area contributed by atoms with Gasteiger partial charge in [-0.1, -0.05) is 32.0 Å². The van der Waals surface area contributed by atoms with Crippen molar-refractivity contribution in [3.63, 3.8) is 0 Å². The Morgan fingerprint density at radius 2 is 1.74 bits per heavy atom.